The Morgan fingerprint density at radius 2 is 1.00 bits per heavy atom. The average molecular weight is 539 g/mol. The molecule has 0 N–H and O–H groups in total. The van der Waals surface area contributed by atoms with Crippen LogP contribution in [0, 0.1) is 0 Å². The number of para-hydroxylation sites is 2. The van der Waals surface area contributed by atoms with E-state index in [4.69, 9.17) is 18.9 Å². The molecule has 3 aliphatic rings. The first-order valence-electron chi connectivity index (χ1n) is 13.9. The van der Waals surface area contributed by atoms with Crippen molar-refractivity contribution in [2.45, 2.75) is 51.4 Å². The normalized spacial score (nSPS) is 20.3. The third kappa shape index (κ3) is 7.25. The molecule has 0 atom stereocenters. The molecular formula is C31H39ClN2O4. The molecule has 0 amide bonds. The zero-order valence-electron chi connectivity index (χ0n) is 22.2. The van der Waals surface area contributed by atoms with E-state index < -0.39 is 0 Å². The molecule has 0 radical (unpaired) electrons. The van der Waals surface area contributed by atoms with E-state index in [-0.39, 0.29) is 12.4 Å². The Hall–Kier alpha value is -3.12. The lowest BCUT2D eigenvalue weighted by Gasteiger charge is -2.17. The third-order valence-electron chi connectivity index (χ3n) is 6.78. The third-order valence-corrected chi connectivity index (χ3v) is 6.78. The lowest BCUT2D eigenvalue weighted by atomic mass is 10.2. The first kappa shape index (κ1) is 27.9. The van der Waals surface area contributed by atoms with E-state index >= 15 is 0 Å². The summed E-state index contributed by atoms with van der Waals surface area (Å²) in [5.41, 5.74) is 1.98. The number of hydrogen-bond donors (Lipinski definition) is 0. The second-order valence-electron chi connectivity index (χ2n) is 9.61. The van der Waals surface area contributed by atoms with Gasteiger partial charge in [-0.25, -0.2) is 9.48 Å². The molecule has 0 saturated heterocycles. The van der Waals surface area contributed by atoms with Gasteiger partial charge in [-0.15, -0.1) is 0 Å². The van der Waals surface area contributed by atoms with E-state index in [2.05, 4.69) is 64.4 Å². The summed E-state index contributed by atoms with van der Waals surface area (Å²) in [6.07, 6.45) is 19.1. The number of allylic oxidation sites excluding steroid dienone is 4. The molecule has 4 bridgehead atoms. The van der Waals surface area contributed by atoms with Crippen molar-refractivity contribution < 1.29 is 35.9 Å². The summed E-state index contributed by atoms with van der Waals surface area (Å²) in [4.78, 5) is 2.25. The van der Waals surface area contributed by atoms with Crippen LogP contribution in [0.5, 0.6) is 23.0 Å². The molecule has 38 heavy (non-hydrogen) atoms. The van der Waals surface area contributed by atoms with Crippen LogP contribution in [0.3, 0.4) is 0 Å². The van der Waals surface area contributed by atoms with E-state index in [0.29, 0.717) is 26.4 Å². The van der Waals surface area contributed by atoms with Crippen LogP contribution in [-0.4, -0.2) is 50.4 Å². The number of anilines is 1. The number of benzene rings is 2. The van der Waals surface area contributed by atoms with Gasteiger partial charge < -0.3 is 31.4 Å². The summed E-state index contributed by atoms with van der Waals surface area (Å²) in [6, 6.07) is 12.3. The average Bonchev–Trinajstić information content (AvgIpc) is 3.39. The second kappa shape index (κ2) is 14.7. The van der Waals surface area contributed by atoms with Gasteiger partial charge in [-0.2, -0.15) is 0 Å². The number of rotatable bonds is 0. The van der Waals surface area contributed by atoms with Crippen molar-refractivity contribution in [3.8, 4) is 23.0 Å². The summed E-state index contributed by atoms with van der Waals surface area (Å²) in [5, 5.41) is 0. The van der Waals surface area contributed by atoms with Crippen LogP contribution in [0.1, 0.15) is 51.4 Å². The van der Waals surface area contributed by atoms with Gasteiger partial charge in [-0.05, 0) is 75.6 Å². The highest BCUT2D eigenvalue weighted by molar-refractivity contribution is 5.85. The van der Waals surface area contributed by atoms with Crippen molar-refractivity contribution >= 4 is 17.7 Å². The highest BCUT2D eigenvalue weighted by Crippen LogP contribution is 2.42. The fourth-order valence-electron chi connectivity index (χ4n) is 4.88. The van der Waals surface area contributed by atoms with E-state index in [1.54, 1.807) is 0 Å². The summed E-state index contributed by atoms with van der Waals surface area (Å²) in [6.45, 7) is 4.33. The van der Waals surface area contributed by atoms with Crippen LogP contribution in [0.25, 0.3) is 0 Å². The lowest BCUT2D eigenvalue weighted by Crippen LogP contribution is -3.00. The molecule has 0 aliphatic carbocycles. The topological polar surface area (TPSA) is 43.2 Å². The SMILES string of the molecule is C1=[N+]2CCN1c1c3cccc1OCCC/C=C/CCCOc1cccc(c12)OCCC/C=C/CCCO3.[Cl-]. The lowest BCUT2D eigenvalue weighted by molar-refractivity contribution is -0.425. The zero-order valence-corrected chi connectivity index (χ0v) is 22.9. The largest absolute Gasteiger partial charge is 1.00 e. The van der Waals surface area contributed by atoms with Crippen molar-refractivity contribution in [2.75, 3.05) is 44.4 Å². The van der Waals surface area contributed by atoms with Gasteiger partial charge in [-0.3, -0.25) is 0 Å². The molecule has 0 fully saturated rings. The summed E-state index contributed by atoms with van der Waals surface area (Å²) in [7, 11) is 0. The predicted molar refractivity (Wildman–Crippen MR) is 148 cm³/mol. The van der Waals surface area contributed by atoms with E-state index in [1.807, 2.05) is 12.1 Å². The van der Waals surface area contributed by atoms with Crippen LogP contribution < -0.4 is 36.3 Å². The van der Waals surface area contributed by atoms with Crippen LogP contribution in [0.2, 0.25) is 0 Å². The highest BCUT2D eigenvalue weighted by atomic mass is 35.5. The smallest absolute Gasteiger partial charge is 0.245 e. The molecule has 0 saturated carbocycles. The molecule has 7 heteroatoms. The first-order valence-corrected chi connectivity index (χ1v) is 13.9. The first-order chi connectivity index (χ1) is 18.4. The highest BCUT2D eigenvalue weighted by Gasteiger charge is 2.32. The van der Waals surface area contributed by atoms with E-state index in [1.165, 1.54) is 0 Å². The number of halogens is 1. The van der Waals surface area contributed by atoms with Crippen LogP contribution in [-0.2, 0) is 0 Å². The second-order valence-corrected chi connectivity index (χ2v) is 9.61. The molecule has 3 heterocycles. The fourth-order valence-corrected chi connectivity index (χ4v) is 4.88. The van der Waals surface area contributed by atoms with Crippen molar-refractivity contribution in [1.82, 2.24) is 0 Å². The quantitative estimate of drug-likeness (QED) is 0.378. The molecule has 5 rings (SSSR count). The summed E-state index contributed by atoms with van der Waals surface area (Å²) < 4.78 is 27.6. The van der Waals surface area contributed by atoms with Crippen LogP contribution >= 0.6 is 0 Å². The van der Waals surface area contributed by atoms with Crippen molar-refractivity contribution in [3.05, 3.63) is 60.7 Å². The maximum absolute atomic E-state index is 6.33. The van der Waals surface area contributed by atoms with E-state index in [0.717, 1.165) is 98.8 Å². The van der Waals surface area contributed by atoms with Crippen molar-refractivity contribution in [2.24, 2.45) is 0 Å². The molecule has 0 aromatic heterocycles. The van der Waals surface area contributed by atoms with Gasteiger partial charge in [0.25, 0.3) is 0 Å². The molecule has 0 unspecified atom stereocenters. The van der Waals surface area contributed by atoms with Gasteiger partial charge in [0.2, 0.25) is 17.7 Å². The van der Waals surface area contributed by atoms with Gasteiger partial charge in [0.1, 0.15) is 13.1 Å². The molecular weight excluding hydrogens is 500 g/mol. The van der Waals surface area contributed by atoms with Gasteiger partial charge >= 0.3 is 0 Å². The Morgan fingerprint density at radius 1 is 0.579 bits per heavy atom. The van der Waals surface area contributed by atoms with Gasteiger partial charge in [-0.1, -0.05) is 36.4 Å². The maximum Gasteiger partial charge on any atom is 0.245 e. The Morgan fingerprint density at radius 3 is 1.47 bits per heavy atom. The number of ether oxygens (including phenoxy) is 4. The van der Waals surface area contributed by atoms with Gasteiger partial charge in [0.05, 0.1) is 26.4 Å². The minimum Gasteiger partial charge on any atom is -1.00 e. The van der Waals surface area contributed by atoms with E-state index in [9.17, 15) is 0 Å². The molecule has 0 spiro atoms. The van der Waals surface area contributed by atoms with Crippen molar-refractivity contribution in [3.63, 3.8) is 0 Å². The van der Waals surface area contributed by atoms with Gasteiger partial charge in [0.15, 0.2) is 23.0 Å². The molecule has 2 aromatic carbocycles. The Bertz CT molecular complexity index is 1060. The molecule has 204 valence electrons. The van der Waals surface area contributed by atoms with Crippen molar-refractivity contribution in [1.29, 1.82) is 0 Å². The summed E-state index contributed by atoms with van der Waals surface area (Å²) in [5.74, 6) is 3.45. The molecule has 3 aliphatic heterocycles. The Balaban J connectivity index is 0.00000336. The van der Waals surface area contributed by atoms with Gasteiger partial charge in [0, 0.05) is 0 Å². The predicted octanol–water partition coefficient (Wildman–Crippen LogP) is 3.66. The minimum atomic E-state index is 0. The van der Waals surface area contributed by atoms with Crippen LogP contribution in [0.4, 0.5) is 11.4 Å². The monoisotopic (exact) mass is 538 g/mol. The number of nitrogens with zero attached hydrogens (tertiary/aromatic N) is 2. The molecule has 2 aromatic rings. The standard InChI is InChI=1S/C31H39N2O4.ClH/c1-2-6-10-22-35-27-16-14-18-29-31(27)33-20-19-32(25-33)30-26(34-21-9-5-1)15-13-17-28(30)36-23-11-7-3-4-8-12-24-37-29;/h1-4,13-18,25H,5-12,19-24H2;1H/q+1;/p-1/b2-1+,4-3+;. The maximum atomic E-state index is 6.33. The Labute approximate surface area is 232 Å². The zero-order chi connectivity index (χ0) is 25.1. The number of hydrogen-bond acceptors (Lipinski definition) is 5. The van der Waals surface area contributed by atoms with Crippen LogP contribution in [0.15, 0.2) is 60.7 Å². The summed E-state index contributed by atoms with van der Waals surface area (Å²) >= 11 is 0. The minimum absolute atomic E-state index is 0. The Kier molecular flexibility index (Phi) is 10.8. The fraction of sp³-hybridized carbons (Fsp3) is 0.452. The molecule has 6 nitrogen and oxygen atoms in total.